The van der Waals surface area contributed by atoms with Crippen molar-refractivity contribution in [3.63, 3.8) is 0 Å². The number of rotatable bonds is 5. The fraction of sp³-hybridized carbons (Fsp3) is 0.833. The number of primary amides is 1. The summed E-state index contributed by atoms with van der Waals surface area (Å²) in [6, 6.07) is 0. The summed E-state index contributed by atoms with van der Waals surface area (Å²) in [5, 5.41) is 0. The number of nitrogens with zero attached hydrogens (tertiary/aromatic N) is 2. The highest BCUT2D eigenvalue weighted by Gasteiger charge is 2.32. The second kappa shape index (κ2) is 5.49. The van der Waals surface area contributed by atoms with Crippen LogP contribution in [0.25, 0.3) is 0 Å². The lowest BCUT2D eigenvalue weighted by molar-refractivity contribution is -0.128. The molecule has 0 aromatic heterocycles. The molecule has 1 atom stereocenters. The van der Waals surface area contributed by atoms with Gasteiger partial charge in [-0.2, -0.15) is 0 Å². The van der Waals surface area contributed by atoms with Crippen LogP contribution in [0.2, 0.25) is 0 Å². The standard InChI is InChI=1S/C12H21N3O2/c13-12(17)10-8-11(16)15(9-10)7-3-6-14-4-1-2-5-14/h10H,1-9H2,(H2,13,17). The molecule has 0 bridgehead atoms. The highest BCUT2D eigenvalue weighted by Crippen LogP contribution is 2.17. The van der Waals surface area contributed by atoms with Gasteiger partial charge in [-0.05, 0) is 38.9 Å². The summed E-state index contributed by atoms with van der Waals surface area (Å²) >= 11 is 0. The minimum atomic E-state index is -0.347. The number of carbonyl (C=O) groups excluding carboxylic acids is 2. The molecule has 1 unspecified atom stereocenters. The number of carbonyl (C=O) groups is 2. The number of nitrogens with two attached hydrogens (primary N) is 1. The second-order valence-corrected chi connectivity index (χ2v) is 5.05. The molecular weight excluding hydrogens is 218 g/mol. The van der Waals surface area contributed by atoms with E-state index in [9.17, 15) is 9.59 Å². The smallest absolute Gasteiger partial charge is 0.223 e. The molecule has 2 aliphatic heterocycles. The van der Waals surface area contributed by atoms with Gasteiger partial charge in [0.05, 0.1) is 5.92 Å². The van der Waals surface area contributed by atoms with Crippen LogP contribution in [0, 0.1) is 5.92 Å². The zero-order chi connectivity index (χ0) is 12.3. The quantitative estimate of drug-likeness (QED) is 0.723. The van der Waals surface area contributed by atoms with Gasteiger partial charge in [0.1, 0.15) is 0 Å². The van der Waals surface area contributed by atoms with Gasteiger partial charge in [-0.25, -0.2) is 0 Å². The van der Waals surface area contributed by atoms with Gasteiger partial charge in [0.15, 0.2) is 0 Å². The molecule has 2 saturated heterocycles. The third-order valence-corrected chi connectivity index (χ3v) is 3.72. The van der Waals surface area contributed by atoms with Crippen LogP contribution >= 0.6 is 0 Å². The Morgan fingerprint density at radius 3 is 2.59 bits per heavy atom. The van der Waals surface area contributed by atoms with Gasteiger partial charge in [-0.3, -0.25) is 9.59 Å². The number of likely N-dealkylation sites (tertiary alicyclic amines) is 2. The molecule has 5 nitrogen and oxygen atoms in total. The van der Waals surface area contributed by atoms with E-state index in [1.165, 1.54) is 25.9 Å². The molecule has 2 amide bonds. The van der Waals surface area contributed by atoms with Crippen LogP contribution in [-0.2, 0) is 9.59 Å². The summed E-state index contributed by atoms with van der Waals surface area (Å²) in [5.74, 6) is -0.537. The van der Waals surface area contributed by atoms with Crippen LogP contribution in [0.3, 0.4) is 0 Å². The van der Waals surface area contributed by atoms with Crippen LogP contribution in [0.15, 0.2) is 0 Å². The van der Waals surface area contributed by atoms with Crippen molar-refractivity contribution in [1.82, 2.24) is 9.80 Å². The predicted molar refractivity (Wildman–Crippen MR) is 64.2 cm³/mol. The Morgan fingerprint density at radius 2 is 2.00 bits per heavy atom. The number of hydrogen-bond donors (Lipinski definition) is 1. The van der Waals surface area contributed by atoms with Crippen LogP contribution in [0.1, 0.15) is 25.7 Å². The van der Waals surface area contributed by atoms with Gasteiger partial charge >= 0.3 is 0 Å². The third-order valence-electron chi connectivity index (χ3n) is 3.72. The minimum Gasteiger partial charge on any atom is -0.369 e. The Morgan fingerprint density at radius 1 is 1.29 bits per heavy atom. The van der Waals surface area contributed by atoms with Gasteiger partial charge in [-0.1, -0.05) is 0 Å². The van der Waals surface area contributed by atoms with Crippen LogP contribution < -0.4 is 5.73 Å². The van der Waals surface area contributed by atoms with Crippen molar-refractivity contribution in [2.45, 2.75) is 25.7 Å². The molecule has 96 valence electrons. The Hall–Kier alpha value is -1.10. The molecule has 2 heterocycles. The first-order valence-electron chi connectivity index (χ1n) is 6.46. The molecule has 5 heteroatoms. The maximum atomic E-state index is 11.6. The van der Waals surface area contributed by atoms with E-state index >= 15 is 0 Å². The van der Waals surface area contributed by atoms with Gasteiger partial charge in [0.2, 0.25) is 11.8 Å². The maximum Gasteiger partial charge on any atom is 0.223 e. The largest absolute Gasteiger partial charge is 0.369 e. The monoisotopic (exact) mass is 239 g/mol. The molecule has 2 rings (SSSR count). The van der Waals surface area contributed by atoms with E-state index in [-0.39, 0.29) is 17.7 Å². The molecule has 2 fully saturated rings. The zero-order valence-corrected chi connectivity index (χ0v) is 10.2. The average Bonchev–Trinajstić information content (AvgIpc) is 2.89. The van der Waals surface area contributed by atoms with Crippen LogP contribution in [0.4, 0.5) is 0 Å². The summed E-state index contributed by atoms with van der Waals surface area (Å²) in [4.78, 5) is 26.9. The van der Waals surface area contributed by atoms with Crippen molar-refractivity contribution in [1.29, 1.82) is 0 Å². The van der Waals surface area contributed by atoms with E-state index in [1.807, 2.05) is 0 Å². The first-order valence-corrected chi connectivity index (χ1v) is 6.46. The Labute approximate surface area is 102 Å². The molecule has 0 radical (unpaired) electrons. The lowest BCUT2D eigenvalue weighted by atomic mass is 10.1. The molecule has 0 aromatic carbocycles. The lowest BCUT2D eigenvalue weighted by Gasteiger charge is -2.19. The van der Waals surface area contributed by atoms with Crippen molar-refractivity contribution < 1.29 is 9.59 Å². The lowest BCUT2D eigenvalue weighted by Crippen LogP contribution is -2.31. The summed E-state index contributed by atoms with van der Waals surface area (Å²) in [5.41, 5.74) is 5.22. The molecule has 2 N–H and O–H groups in total. The molecule has 17 heavy (non-hydrogen) atoms. The zero-order valence-electron chi connectivity index (χ0n) is 10.2. The molecule has 0 aliphatic carbocycles. The second-order valence-electron chi connectivity index (χ2n) is 5.05. The first kappa shape index (κ1) is 12.4. The minimum absolute atomic E-state index is 0.0789. The average molecular weight is 239 g/mol. The molecule has 0 saturated carbocycles. The number of hydrogen-bond acceptors (Lipinski definition) is 3. The highest BCUT2D eigenvalue weighted by molar-refractivity contribution is 5.88. The van der Waals surface area contributed by atoms with Crippen LogP contribution in [-0.4, -0.2) is 54.3 Å². The fourth-order valence-corrected chi connectivity index (χ4v) is 2.67. The molecule has 2 aliphatic rings. The Bertz CT molecular complexity index is 300. The van der Waals surface area contributed by atoms with Crippen molar-refractivity contribution >= 4 is 11.8 Å². The van der Waals surface area contributed by atoms with Crippen molar-refractivity contribution in [3.8, 4) is 0 Å². The van der Waals surface area contributed by atoms with Crippen molar-refractivity contribution in [3.05, 3.63) is 0 Å². The van der Waals surface area contributed by atoms with Gasteiger partial charge in [0, 0.05) is 19.5 Å². The maximum absolute atomic E-state index is 11.6. The van der Waals surface area contributed by atoms with Crippen LogP contribution in [0.5, 0.6) is 0 Å². The summed E-state index contributed by atoms with van der Waals surface area (Å²) in [7, 11) is 0. The van der Waals surface area contributed by atoms with Gasteiger partial charge < -0.3 is 15.5 Å². The number of amides is 2. The normalized spacial score (nSPS) is 25.8. The highest BCUT2D eigenvalue weighted by atomic mass is 16.2. The SMILES string of the molecule is NC(=O)C1CC(=O)N(CCCN2CCCC2)C1. The van der Waals surface area contributed by atoms with Crippen molar-refractivity contribution in [2.75, 3.05) is 32.7 Å². The summed E-state index contributed by atoms with van der Waals surface area (Å²) in [6.45, 7) is 4.73. The fourth-order valence-electron chi connectivity index (χ4n) is 2.67. The van der Waals surface area contributed by atoms with Gasteiger partial charge in [-0.15, -0.1) is 0 Å². The first-order chi connectivity index (χ1) is 8.16. The molecular formula is C12H21N3O2. The van der Waals surface area contributed by atoms with E-state index in [0.29, 0.717) is 13.0 Å². The molecule has 0 spiro atoms. The third kappa shape index (κ3) is 3.19. The van der Waals surface area contributed by atoms with E-state index in [4.69, 9.17) is 5.73 Å². The predicted octanol–water partition coefficient (Wildman–Crippen LogP) is -0.194. The Kier molecular flexibility index (Phi) is 3.99. The van der Waals surface area contributed by atoms with E-state index in [2.05, 4.69) is 4.90 Å². The van der Waals surface area contributed by atoms with Gasteiger partial charge in [0.25, 0.3) is 0 Å². The van der Waals surface area contributed by atoms with E-state index < -0.39 is 0 Å². The molecule has 0 aromatic rings. The topological polar surface area (TPSA) is 66.6 Å². The summed E-state index contributed by atoms with van der Waals surface area (Å²) < 4.78 is 0. The summed E-state index contributed by atoms with van der Waals surface area (Å²) in [6.07, 6.45) is 3.90. The van der Waals surface area contributed by atoms with E-state index in [1.54, 1.807) is 4.90 Å². The van der Waals surface area contributed by atoms with Crippen molar-refractivity contribution in [2.24, 2.45) is 11.7 Å². The van der Waals surface area contributed by atoms with E-state index in [0.717, 1.165) is 19.5 Å². The Balaban J connectivity index is 1.68.